The molecule has 0 amide bonds. The predicted molar refractivity (Wildman–Crippen MR) is 55.2 cm³/mol. The number of hydrogen-bond donors (Lipinski definition) is 0. The molecule has 82 valence electrons. The summed E-state index contributed by atoms with van der Waals surface area (Å²) in [6, 6.07) is 0. The van der Waals surface area contributed by atoms with Gasteiger partial charge in [-0.05, 0) is 20.3 Å². The van der Waals surface area contributed by atoms with Crippen LogP contribution in [0.1, 0.15) is 46.5 Å². The average molecular weight is 200 g/mol. The van der Waals surface area contributed by atoms with E-state index in [-0.39, 0.29) is 18.5 Å². The van der Waals surface area contributed by atoms with E-state index in [0.29, 0.717) is 6.42 Å². The third-order valence-corrected chi connectivity index (χ3v) is 1.87. The van der Waals surface area contributed by atoms with Gasteiger partial charge in [0.05, 0.1) is 6.10 Å². The molecule has 0 unspecified atom stereocenters. The summed E-state index contributed by atoms with van der Waals surface area (Å²) in [5, 5.41) is 0. The number of ketones is 2. The van der Waals surface area contributed by atoms with Crippen LogP contribution in [0, 0.1) is 0 Å². The molecule has 0 aromatic heterocycles. The number of unbranched alkanes of at least 4 members (excludes halogenated alkanes) is 2. The van der Waals surface area contributed by atoms with Crippen molar-refractivity contribution in [1.82, 2.24) is 0 Å². The largest absolute Gasteiger partial charge is 0.371 e. The van der Waals surface area contributed by atoms with Gasteiger partial charge in [-0.2, -0.15) is 0 Å². The quantitative estimate of drug-likeness (QED) is 0.445. The van der Waals surface area contributed by atoms with E-state index in [2.05, 4.69) is 6.92 Å². The second kappa shape index (κ2) is 7.68. The van der Waals surface area contributed by atoms with Crippen molar-refractivity contribution in [2.45, 2.75) is 52.6 Å². The van der Waals surface area contributed by atoms with E-state index >= 15 is 0 Å². The Morgan fingerprint density at radius 2 is 1.79 bits per heavy atom. The highest BCUT2D eigenvalue weighted by Gasteiger charge is 2.13. The second-order valence-electron chi connectivity index (χ2n) is 3.66. The number of carbonyl (C=O) groups excluding carboxylic acids is 2. The molecule has 0 aromatic rings. The molecular formula is C11H20O3. The predicted octanol–water partition coefficient (Wildman–Crippen LogP) is 2.13. The molecule has 0 spiro atoms. The molecule has 3 nitrogen and oxygen atoms in total. The zero-order chi connectivity index (χ0) is 11.0. The van der Waals surface area contributed by atoms with Crippen LogP contribution in [0.5, 0.6) is 0 Å². The summed E-state index contributed by atoms with van der Waals surface area (Å²) in [6.07, 6.45) is 3.24. The Morgan fingerprint density at radius 3 is 2.29 bits per heavy atom. The van der Waals surface area contributed by atoms with Gasteiger partial charge in [0.2, 0.25) is 11.6 Å². The molecule has 0 aliphatic heterocycles. The van der Waals surface area contributed by atoms with Gasteiger partial charge in [0.15, 0.2) is 0 Å². The van der Waals surface area contributed by atoms with Crippen molar-refractivity contribution >= 4 is 11.6 Å². The summed E-state index contributed by atoms with van der Waals surface area (Å²) < 4.78 is 5.06. The average Bonchev–Trinajstić information content (AvgIpc) is 2.14. The van der Waals surface area contributed by atoms with Gasteiger partial charge in [-0.15, -0.1) is 0 Å². The van der Waals surface area contributed by atoms with Crippen LogP contribution in [0.25, 0.3) is 0 Å². The molecule has 0 heterocycles. The SMILES string of the molecule is CCCCCC(=O)C(=O)COC(C)C. The molecular weight excluding hydrogens is 180 g/mol. The van der Waals surface area contributed by atoms with E-state index in [1.54, 1.807) is 0 Å². The maximum atomic E-state index is 11.2. The Bertz CT molecular complexity index is 185. The number of Topliss-reactive ketones (excluding diaryl/α,β-unsaturated/α-hetero) is 2. The fraction of sp³-hybridized carbons (Fsp3) is 0.818. The first-order valence-electron chi connectivity index (χ1n) is 5.25. The molecule has 14 heavy (non-hydrogen) atoms. The zero-order valence-corrected chi connectivity index (χ0v) is 9.34. The minimum atomic E-state index is -0.394. The van der Waals surface area contributed by atoms with E-state index in [1.165, 1.54) is 0 Å². The van der Waals surface area contributed by atoms with E-state index < -0.39 is 5.78 Å². The third kappa shape index (κ3) is 6.78. The normalized spacial score (nSPS) is 10.6. The number of ether oxygens (including phenoxy) is 1. The maximum absolute atomic E-state index is 11.2. The second-order valence-corrected chi connectivity index (χ2v) is 3.66. The van der Waals surface area contributed by atoms with Crippen molar-refractivity contribution in [1.29, 1.82) is 0 Å². The Labute approximate surface area is 85.8 Å². The van der Waals surface area contributed by atoms with Gasteiger partial charge in [-0.1, -0.05) is 19.8 Å². The Hall–Kier alpha value is -0.700. The van der Waals surface area contributed by atoms with Crippen LogP contribution in [0.15, 0.2) is 0 Å². The number of rotatable bonds is 8. The van der Waals surface area contributed by atoms with Crippen molar-refractivity contribution in [3.63, 3.8) is 0 Å². The Morgan fingerprint density at radius 1 is 1.14 bits per heavy atom. The molecule has 0 atom stereocenters. The van der Waals surface area contributed by atoms with Crippen LogP contribution in [0.3, 0.4) is 0 Å². The highest BCUT2D eigenvalue weighted by atomic mass is 16.5. The van der Waals surface area contributed by atoms with Gasteiger partial charge in [0.25, 0.3) is 0 Å². The van der Waals surface area contributed by atoms with Crippen LogP contribution in [0.4, 0.5) is 0 Å². The van der Waals surface area contributed by atoms with Crippen LogP contribution >= 0.6 is 0 Å². The van der Waals surface area contributed by atoms with E-state index in [9.17, 15) is 9.59 Å². The van der Waals surface area contributed by atoms with Crippen LogP contribution in [0.2, 0.25) is 0 Å². The minimum absolute atomic E-state index is 0.00221. The van der Waals surface area contributed by atoms with Crippen LogP contribution in [-0.4, -0.2) is 24.3 Å². The molecule has 0 saturated carbocycles. The Kier molecular flexibility index (Phi) is 7.30. The Balaban J connectivity index is 3.60. The molecule has 0 saturated heterocycles. The lowest BCUT2D eigenvalue weighted by molar-refractivity contribution is -0.140. The standard InChI is InChI=1S/C11H20O3/c1-4-5-6-7-10(12)11(13)8-14-9(2)3/h9H,4-8H2,1-3H3. The first-order chi connectivity index (χ1) is 6.57. The molecule has 3 heteroatoms. The highest BCUT2D eigenvalue weighted by molar-refractivity contribution is 6.37. The smallest absolute Gasteiger partial charge is 0.223 e. The summed E-state index contributed by atoms with van der Waals surface area (Å²) >= 11 is 0. The topological polar surface area (TPSA) is 43.4 Å². The van der Waals surface area contributed by atoms with Crippen molar-refractivity contribution in [3.8, 4) is 0 Å². The van der Waals surface area contributed by atoms with Crippen LogP contribution in [-0.2, 0) is 14.3 Å². The first kappa shape index (κ1) is 13.3. The zero-order valence-electron chi connectivity index (χ0n) is 9.34. The van der Waals surface area contributed by atoms with Crippen LogP contribution < -0.4 is 0 Å². The molecule has 0 N–H and O–H groups in total. The van der Waals surface area contributed by atoms with Gasteiger partial charge in [0, 0.05) is 6.42 Å². The molecule has 0 bridgehead atoms. The summed E-state index contributed by atoms with van der Waals surface area (Å²) in [5.74, 6) is -0.686. The number of hydrogen-bond acceptors (Lipinski definition) is 3. The summed E-state index contributed by atoms with van der Waals surface area (Å²) in [4.78, 5) is 22.4. The van der Waals surface area contributed by atoms with E-state index in [0.717, 1.165) is 19.3 Å². The fourth-order valence-corrected chi connectivity index (χ4v) is 0.998. The molecule has 0 radical (unpaired) electrons. The van der Waals surface area contributed by atoms with Gasteiger partial charge in [-0.3, -0.25) is 9.59 Å². The summed E-state index contributed by atoms with van der Waals surface area (Å²) in [7, 11) is 0. The summed E-state index contributed by atoms with van der Waals surface area (Å²) in [5.41, 5.74) is 0. The minimum Gasteiger partial charge on any atom is -0.371 e. The lowest BCUT2D eigenvalue weighted by Crippen LogP contribution is -2.21. The lowest BCUT2D eigenvalue weighted by Gasteiger charge is -2.05. The number of carbonyl (C=O) groups is 2. The third-order valence-electron chi connectivity index (χ3n) is 1.87. The molecule has 0 aliphatic rings. The van der Waals surface area contributed by atoms with Gasteiger partial charge in [0.1, 0.15) is 6.61 Å². The van der Waals surface area contributed by atoms with E-state index in [4.69, 9.17) is 4.74 Å². The highest BCUT2D eigenvalue weighted by Crippen LogP contribution is 2.00. The van der Waals surface area contributed by atoms with Crippen molar-refractivity contribution in [2.24, 2.45) is 0 Å². The van der Waals surface area contributed by atoms with Gasteiger partial charge < -0.3 is 4.74 Å². The van der Waals surface area contributed by atoms with E-state index in [1.807, 2.05) is 13.8 Å². The lowest BCUT2D eigenvalue weighted by atomic mass is 10.1. The van der Waals surface area contributed by atoms with Crippen molar-refractivity contribution < 1.29 is 14.3 Å². The summed E-state index contributed by atoms with van der Waals surface area (Å²) in [6.45, 7) is 5.68. The molecule has 0 aliphatic carbocycles. The van der Waals surface area contributed by atoms with Crippen molar-refractivity contribution in [2.75, 3.05) is 6.61 Å². The fourth-order valence-electron chi connectivity index (χ4n) is 0.998. The van der Waals surface area contributed by atoms with Gasteiger partial charge >= 0.3 is 0 Å². The molecule has 0 rings (SSSR count). The molecule has 0 fully saturated rings. The van der Waals surface area contributed by atoms with Crippen molar-refractivity contribution in [3.05, 3.63) is 0 Å². The monoisotopic (exact) mass is 200 g/mol. The van der Waals surface area contributed by atoms with Gasteiger partial charge in [-0.25, -0.2) is 0 Å². The maximum Gasteiger partial charge on any atom is 0.223 e. The first-order valence-corrected chi connectivity index (χ1v) is 5.25. The molecule has 0 aromatic carbocycles.